The van der Waals surface area contributed by atoms with Crippen LogP contribution in [0.3, 0.4) is 0 Å². The lowest BCUT2D eigenvalue weighted by atomic mass is 9.87. The molecule has 1 amide bonds. The number of amides is 1. The average Bonchev–Trinajstić information content (AvgIpc) is 3.83. The number of nitrogen functional groups attached to an aromatic ring is 1. The van der Waals surface area contributed by atoms with E-state index in [-0.39, 0.29) is 30.4 Å². The smallest absolute Gasteiger partial charge is 0.298 e. The first-order valence-electron chi connectivity index (χ1n) is 17.5. The molecule has 1 saturated heterocycles. The lowest BCUT2D eigenvalue weighted by molar-refractivity contribution is -0.0309. The van der Waals surface area contributed by atoms with Crippen LogP contribution in [0.4, 0.5) is 26.0 Å². The Morgan fingerprint density at radius 1 is 1.04 bits per heavy atom. The predicted octanol–water partition coefficient (Wildman–Crippen LogP) is 4.60. The molecule has 16 heteroatoms. The average molecular weight is 754 g/mol. The lowest BCUT2D eigenvalue weighted by Gasteiger charge is -2.42. The van der Waals surface area contributed by atoms with Crippen molar-refractivity contribution in [3.05, 3.63) is 118 Å². The highest BCUT2D eigenvalue weighted by Gasteiger charge is 2.39. The van der Waals surface area contributed by atoms with Crippen molar-refractivity contribution in [1.82, 2.24) is 34.5 Å². The number of hydrogen-bond acceptors (Lipinski definition) is 11. The Bertz CT molecular complexity index is 2400. The Balaban J connectivity index is 1.01. The molecule has 0 spiro atoms. The van der Waals surface area contributed by atoms with Crippen molar-refractivity contribution >= 4 is 44.8 Å². The van der Waals surface area contributed by atoms with Gasteiger partial charge in [0.2, 0.25) is 0 Å². The van der Waals surface area contributed by atoms with Crippen LogP contribution in [0, 0.1) is 11.6 Å². The maximum Gasteiger partial charge on any atom is 0.298 e. The largest absolute Gasteiger partial charge is 0.490 e. The Kier molecular flexibility index (Phi) is 9.11. The number of aliphatic hydroxyl groups is 1. The van der Waals surface area contributed by atoms with E-state index in [0.29, 0.717) is 65.7 Å². The highest BCUT2D eigenvalue weighted by Crippen LogP contribution is 2.39. The van der Waals surface area contributed by atoms with Gasteiger partial charge in [-0.15, -0.1) is 11.3 Å². The van der Waals surface area contributed by atoms with Crippen LogP contribution in [0.25, 0.3) is 16.0 Å². The fourth-order valence-corrected chi connectivity index (χ4v) is 8.21. The minimum Gasteiger partial charge on any atom is -0.490 e. The molecule has 3 aromatic heterocycles. The summed E-state index contributed by atoms with van der Waals surface area (Å²) in [5, 5.41) is 19.1. The number of thiophene rings is 1. The molecule has 0 saturated carbocycles. The molecule has 0 radical (unpaired) electrons. The molecule has 0 aliphatic carbocycles. The number of benzene rings is 3. The molecule has 13 nitrogen and oxygen atoms in total. The third kappa shape index (κ3) is 6.79. The number of carbonyl (C=O) groups excluding carboxylic acids is 1. The van der Waals surface area contributed by atoms with Crippen LogP contribution in [-0.2, 0) is 12.1 Å². The number of nitrogens with two attached hydrogens (primary N) is 1. The molecule has 2 aliphatic heterocycles. The summed E-state index contributed by atoms with van der Waals surface area (Å²) in [5.74, 6) is -1.42. The van der Waals surface area contributed by atoms with Crippen LogP contribution in [0.15, 0.2) is 90.2 Å². The van der Waals surface area contributed by atoms with Gasteiger partial charge in [-0.05, 0) is 62.2 Å². The Labute approximate surface area is 312 Å². The van der Waals surface area contributed by atoms with E-state index < -0.39 is 28.3 Å². The van der Waals surface area contributed by atoms with E-state index in [1.54, 1.807) is 12.1 Å². The summed E-state index contributed by atoms with van der Waals surface area (Å²) in [7, 11) is 0. The molecule has 6 aromatic rings. The summed E-state index contributed by atoms with van der Waals surface area (Å²) >= 11 is 1.14. The number of hydrogen-bond donors (Lipinski definition) is 3. The van der Waals surface area contributed by atoms with Crippen LogP contribution < -0.4 is 26.2 Å². The summed E-state index contributed by atoms with van der Waals surface area (Å²) in [6, 6.07) is 20.2. The molecule has 1 fully saturated rings. The second-order valence-electron chi connectivity index (χ2n) is 14.0. The first-order chi connectivity index (χ1) is 26.0. The van der Waals surface area contributed by atoms with E-state index in [1.807, 2.05) is 54.3 Å². The van der Waals surface area contributed by atoms with E-state index in [9.17, 15) is 23.5 Å². The second-order valence-corrected chi connectivity index (χ2v) is 15.0. The Morgan fingerprint density at radius 2 is 1.83 bits per heavy atom. The Morgan fingerprint density at radius 3 is 2.57 bits per heavy atom. The summed E-state index contributed by atoms with van der Waals surface area (Å²) in [6.45, 7) is 3.99. The van der Waals surface area contributed by atoms with Crippen LogP contribution >= 0.6 is 11.3 Å². The number of para-hydroxylation sites is 1. The summed E-state index contributed by atoms with van der Waals surface area (Å²) in [4.78, 5) is 40.6. The number of fused-ring (bicyclic) bond motifs is 2. The van der Waals surface area contributed by atoms with Crippen molar-refractivity contribution in [2.45, 2.75) is 37.5 Å². The zero-order valence-electron chi connectivity index (χ0n) is 29.3. The van der Waals surface area contributed by atoms with Gasteiger partial charge in [-0.25, -0.2) is 23.4 Å². The van der Waals surface area contributed by atoms with Crippen LogP contribution in [-0.4, -0.2) is 78.6 Å². The monoisotopic (exact) mass is 753 g/mol. The van der Waals surface area contributed by atoms with Gasteiger partial charge < -0.3 is 25.8 Å². The van der Waals surface area contributed by atoms with E-state index in [1.165, 1.54) is 28.0 Å². The van der Waals surface area contributed by atoms with Crippen molar-refractivity contribution < 1.29 is 23.4 Å². The number of nitrogens with zero attached hydrogens (tertiary/aromatic N) is 7. The van der Waals surface area contributed by atoms with Crippen molar-refractivity contribution in [3.63, 3.8) is 0 Å². The third-order valence-electron chi connectivity index (χ3n) is 10.1. The molecule has 2 aliphatic rings. The second kappa shape index (κ2) is 13.9. The van der Waals surface area contributed by atoms with Gasteiger partial charge in [0.05, 0.1) is 34.9 Å². The first-order valence-corrected chi connectivity index (χ1v) is 18.3. The third-order valence-corrected chi connectivity index (χ3v) is 11.1. The van der Waals surface area contributed by atoms with Crippen LogP contribution in [0.2, 0.25) is 0 Å². The molecule has 0 unspecified atom stereocenters. The minimum atomic E-state index is -1.74. The van der Waals surface area contributed by atoms with Crippen molar-refractivity contribution in [1.29, 1.82) is 0 Å². The molecule has 3 aromatic carbocycles. The normalized spacial score (nSPS) is 16.8. The highest BCUT2D eigenvalue weighted by atomic mass is 32.1. The molecule has 4 N–H and O–H groups in total. The number of halogens is 2. The number of anilines is 3. The SMILES string of the molecule is CC1(NC(=O)c2cc3c(nc(N)c(=O)n3-c3ccc4c(c3)N(c3ccccc3)CCO4)s2)CCN(C[C@](O)(Cn2cncn2)c2ccc(F)cc2F)CC1. The molecule has 0 bridgehead atoms. The van der Waals surface area contributed by atoms with Gasteiger partial charge in [0.25, 0.3) is 11.5 Å². The zero-order valence-corrected chi connectivity index (χ0v) is 30.1. The van der Waals surface area contributed by atoms with Gasteiger partial charge in [-0.1, -0.05) is 24.3 Å². The molecule has 54 heavy (non-hydrogen) atoms. The maximum atomic E-state index is 15.0. The number of aromatic nitrogens is 5. The number of likely N-dealkylation sites (tertiary alicyclic amines) is 1. The van der Waals surface area contributed by atoms with Crippen LogP contribution in [0.5, 0.6) is 5.75 Å². The quantitative estimate of drug-likeness (QED) is 0.191. The summed E-state index contributed by atoms with van der Waals surface area (Å²) in [6.07, 6.45) is 3.80. The van der Waals surface area contributed by atoms with Gasteiger partial charge >= 0.3 is 0 Å². The highest BCUT2D eigenvalue weighted by molar-refractivity contribution is 7.20. The van der Waals surface area contributed by atoms with E-state index in [4.69, 9.17) is 10.5 Å². The topological polar surface area (TPSA) is 157 Å². The van der Waals surface area contributed by atoms with Crippen molar-refractivity contribution in [2.75, 3.05) is 43.4 Å². The number of carbonyl (C=O) groups is 1. The molecular weight excluding hydrogens is 717 g/mol. The molecule has 278 valence electrons. The molecule has 8 rings (SSSR count). The van der Waals surface area contributed by atoms with Crippen molar-refractivity contribution in [3.8, 4) is 11.4 Å². The summed E-state index contributed by atoms with van der Waals surface area (Å²) < 4.78 is 37.6. The van der Waals surface area contributed by atoms with Gasteiger partial charge in [-0.2, -0.15) is 5.10 Å². The lowest BCUT2D eigenvalue weighted by Crippen LogP contribution is -2.55. The number of rotatable bonds is 9. The van der Waals surface area contributed by atoms with E-state index in [2.05, 4.69) is 25.3 Å². The fraction of sp³-hybridized carbons (Fsp3) is 0.289. The van der Waals surface area contributed by atoms with Gasteiger partial charge in [0.15, 0.2) is 5.82 Å². The Hall–Kier alpha value is -5.71. The van der Waals surface area contributed by atoms with E-state index >= 15 is 0 Å². The minimum absolute atomic E-state index is 0.0400. The molecule has 1 atom stereocenters. The van der Waals surface area contributed by atoms with E-state index in [0.717, 1.165) is 34.8 Å². The number of ether oxygens (including phenoxy) is 1. The fourth-order valence-electron chi connectivity index (χ4n) is 7.29. The van der Waals surface area contributed by atoms with Gasteiger partial charge in [0, 0.05) is 42.5 Å². The van der Waals surface area contributed by atoms with Crippen LogP contribution in [0.1, 0.15) is 35.0 Å². The number of β-amino-alcohol motifs (C(OH)–C–C–N with tert-alkyl or cyclic N) is 1. The standard InChI is InChI=1S/C38H37F2N9O4S/c1-37(11-13-46(14-12-37)20-38(52,21-47-23-42-22-43-47)27-9-7-24(39)17-28(27)40)45-34(50)32-19-30-35(54-32)44-33(41)36(51)49(30)26-8-10-31-29(18-26)48(15-16-53-31)25-5-3-2-4-6-25/h2-10,17-19,22-23,52H,11-16,20-21H2,1H3,(H2,41,44)(H,45,50)/t38-/m0/s1. The first kappa shape index (κ1) is 35.3. The summed E-state index contributed by atoms with van der Waals surface area (Å²) in [5.41, 5.74) is 6.04. The maximum absolute atomic E-state index is 15.0. The van der Waals surface area contributed by atoms with Gasteiger partial charge in [0.1, 0.15) is 47.1 Å². The zero-order chi connectivity index (χ0) is 37.6. The van der Waals surface area contributed by atoms with Gasteiger partial charge in [-0.3, -0.25) is 19.1 Å². The number of nitrogens with one attached hydrogen (secondary N) is 1. The molecular formula is C38H37F2N9O4S. The number of piperidine rings is 1. The van der Waals surface area contributed by atoms with Crippen molar-refractivity contribution in [2.24, 2.45) is 0 Å². The molecule has 5 heterocycles. The predicted molar refractivity (Wildman–Crippen MR) is 200 cm³/mol.